The van der Waals surface area contributed by atoms with Gasteiger partial charge in [-0.1, -0.05) is 54.5 Å². The Hall–Kier alpha value is -3.41. The Labute approximate surface area is 192 Å². The van der Waals surface area contributed by atoms with E-state index in [9.17, 15) is 9.90 Å². The topological polar surface area (TPSA) is 72.4 Å². The highest BCUT2D eigenvalue weighted by Crippen LogP contribution is 2.47. The van der Waals surface area contributed by atoms with Gasteiger partial charge in [-0.05, 0) is 54.5 Å². The first-order valence-corrected chi connectivity index (χ1v) is 11.9. The van der Waals surface area contributed by atoms with E-state index in [1.807, 2.05) is 24.4 Å². The minimum absolute atomic E-state index is 0.0270. The molecule has 2 aliphatic carbocycles. The first-order valence-electron chi connectivity index (χ1n) is 11.9. The Morgan fingerprint density at radius 2 is 1.88 bits per heavy atom. The Kier molecular flexibility index (Phi) is 4.82. The van der Waals surface area contributed by atoms with Gasteiger partial charge in [-0.3, -0.25) is 4.79 Å². The SMILES string of the molecule is O=C(O)Cc1c2c(n3ccccc13)CC(n1nncc1C1(c3ccccc3)CCCC1)CC2. The lowest BCUT2D eigenvalue weighted by Crippen LogP contribution is -2.31. The van der Waals surface area contributed by atoms with Crippen LogP contribution in [-0.2, 0) is 29.5 Å². The Morgan fingerprint density at radius 3 is 2.67 bits per heavy atom. The van der Waals surface area contributed by atoms with Crippen LogP contribution in [0.5, 0.6) is 0 Å². The summed E-state index contributed by atoms with van der Waals surface area (Å²) in [6.45, 7) is 0. The molecule has 168 valence electrons. The molecule has 0 bridgehead atoms. The number of carbonyl (C=O) groups is 1. The monoisotopic (exact) mass is 440 g/mol. The third-order valence-electron chi connectivity index (χ3n) is 7.85. The molecule has 1 unspecified atom stereocenters. The van der Waals surface area contributed by atoms with E-state index >= 15 is 0 Å². The summed E-state index contributed by atoms with van der Waals surface area (Å²) in [5.41, 5.74) is 6.97. The lowest BCUT2D eigenvalue weighted by molar-refractivity contribution is -0.136. The fourth-order valence-electron chi connectivity index (χ4n) is 6.39. The van der Waals surface area contributed by atoms with E-state index in [1.165, 1.54) is 35.4 Å². The molecule has 1 saturated carbocycles. The van der Waals surface area contributed by atoms with E-state index in [2.05, 4.69) is 55.9 Å². The van der Waals surface area contributed by atoms with Crippen molar-refractivity contribution in [3.8, 4) is 0 Å². The molecule has 0 aliphatic heterocycles. The molecule has 3 aromatic heterocycles. The van der Waals surface area contributed by atoms with Crippen molar-refractivity contribution in [2.24, 2.45) is 0 Å². The molecule has 1 aromatic carbocycles. The molecule has 3 heterocycles. The van der Waals surface area contributed by atoms with E-state index in [-0.39, 0.29) is 17.9 Å². The van der Waals surface area contributed by atoms with Crippen LogP contribution < -0.4 is 0 Å². The first-order chi connectivity index (χ1) is 16.2. The molecule has 0 amide bonds. The van der Waals surface area contributed by atoms with Crippen molar-refractivity contribution in [1.29, 1.82) is 0 Å². The Morgan fingerprint density at radius 1 is 1.09 bits per heavy atom. The molecule has 0 spiro atoms. The summed E-state index contributed by atoms with van der Waals surface area (Å²) < 4.78 is 4.39. The summed E-state index contributed by atoms with van der Waals surface area (Å²) in [5, 5.41) is 18.5. The van der Waals surface area contributed by atoms with Gasteiger partial charge in [0.25, 0.3) is 0 Å². The largest absolute Gasteiger partial charge is 0.481 e. The number of hydrogen-bond acceptors (Lipinski definition) is 3. The summed E-state index contributed by atoms with van der Waals surface area (Å²) >= 11 is 0. The maximum atomic E-state index is 11.6. The van der Waals surface area contributed by atoms with Crippen LogP contribution in [0.3, 0.4) is 0 Å². The second kappa shape index (κ2) is 7.87. The normalized spacial score (nSPS) is 19.6. The Bertz CT molecular complexity index is 1310. The quantitative estimate of drug-likeness (QED) is 0.486. The molecule has 6 nitrogen and oxygen atoms in total. The van der Waals surface area contributed by atoms with Crippen LogP contribution in [0, 0.1) is 0 Å². The van der Waals surface area contributed by atoms with E-state index in [0.717, 1.165) is 43.2 Å². The van der Waals surface area contributed by atoms with Crippen molar-refractivity contribution < 1.29 is 9.90 Å². The van der Waals surface area contributed by atoms with Crippen molar-refractivity contribution in [2.45, 2.75) is 62.8 Å². The van der Waals surface area contributed by atoms with Crippen molar-refractivity contribution in [1.82, 2.24) is 19.4 Å². The molecule has 33 heavy (non-hydrogen) atoms. The lowest BCUT2D eigenvalue weighted by atomic mass is 9.76. The number of carboxylic acid groups (broad SMARTS) is 1. The van der Waals surface area contributed by atoms with Gasteiger partial charge in [0.15, 0.2) is 0 Å². The van der Waals surface area contributed by atoms with Gasteiger partial charge in [0, 0.05) is 29.2 Å². The summed E-state index contributed by atoms with van der Waals surface area (Å²) in [6, 6.07) is 17.1. The van der Waals surface area contributed by atoms with Crippen LogP contribution in [0.4, 0.5) is 0 Å². The lowest BCUT2D eigenvalue weighted by Gasteiger charge is -2.33. The highest BCUT2D eigenvalue weighted by molar-refractivity contribution is 5.76. The molecule has 1 fully saturated rings. The van der Waals surface area contributed by atoms with Crippen LogP contribution in [0.2, 0.25) is 0 Å². The summed E-state index contributed by atoms with van der Waals surface area (Å²) in [7, 11) is 0. The maximum Gasteiger partial charge on any atom is 0.307 e. The summed E-state index contributed by atoms with van der Waals surface area (Å²) in [4.78, 5) is 11.6. The average Bonchev–Trinajstić information content (AvgIpc) is 3.58. The fraction of sp³-hybridized carbons (Fsp3) is 0.370. The molecular weight excluding hydrogens is 412 g/mol. The molecule has 2 aliphatic rings. The number of benzene rings is 1. The van der Waals surface area contributed by atoms with Crippen molar-refractivity contribution in [2.75, 3.05) is 0 Å². The van der Waals surface area contributed by atoms with E-state index in [4.69, 9.17) is 0 Å². The average molecular weight is 441 g/mol. The van der Waals surface area contributed by atoms with Gasteiger partial charge >= 0.3 is 5.97 Å². The van der Waals surface area contributed by atoms with Crippen LogP contribution in [0.1, 0.15) is 66.2 Å². The van der Waals surface area contributed by atoms with Crippen LogP contribution in [0.15, 0.2) is 60.9 Å². The van der Waals surface area contributed by atoms with Gasteiger partial charge in [0.2, 0.25) is 0 Å². The third kappa shape index (κ3) is 3.19. The molecule has 0 radical (unpaired) electrons. The Balaban J connectivity index is 1.42. The first kappa shape index (κ1) is 20.2. The van der Waals surface area contributed by atoms with Gasteiger partial charge in [-0.15, -0.1) is 5.10 Å². The van der Waals surface area contributed by atoms with Crippen molar-refractivity contribution in [3.63, 3.8) is 0 Å². The predicted octanol–water partition coefficient (Wildman–Crippen LogP) is 4.75. The zero-order valence-electron chi connectivity index (χ0n) is 18.7. The fourth-order valence-corrected chi connectivity index (χ4v) is 6.39. The summed E-state index contributed by atoms with van der Waals surface area (Å²) in [5.74, 6) is -0.777. The molecule has 1 atom stereocenters. The van der Waals surface area contributed by atoms with Gasteiger partial charge in [0.05, 0.1) is 24.4 Å². The molecule has 0 saturated heterocycles. The summed E-state index contributed by atoms with van der Waals surface area (Å²) in [6.07, 6.45) is 11.4. The smallest absolute Gasteiger partial charge is 0.307 e. The van der Waals surface area contributed by atoms with Crippen LogP contribution in [0.25, 0.3) is 5.52 Å². The molecule has 6 heteroatoms. The number of aliphatic carboxylic acids is 1. The highest BCUT2D eigenvalue weighted by Gasteiger charge is 2.42. The van der Waals surface area contributed by atoms with Gasteiger partial charge in [-0.25, -0.2) is 4.68 Å². The van der Waals surface area contributed by atoms with E-state index in [1.54, 1.807) is 0 Å². The third-order valence-corrected chi connectivity index (χ3v) is 7.85. The molecule has 1 N–H and O–H groups in total. The minimum atomic E-state index is -0.777. The number of fused-ring (bicyclic) bond motifs is 3. The zero-order valence-corrected chi connectivity index (χ0v) is 18.7. The molecule has 6 rings (SSSR count). The number of rotatable bonds is 5. The van der Waals surface area contributed by atoms with Crippen LogP contribution in [-0.4, -0.2) is 30.5 Å². The number of aromatic nitrogens is 4. The predicted molar refractivity (Wildman–Crippen MR) is 126 cm³/mol. The second-order valence-electron chi connectivity index (χ2n) is 9.55. The number of hydrogen-bond donors (Lipinski definition) is 1. The zero-order chi connectivity index (χ0) is 22.4. The standard InChI is InChI=1S/C27H28N4O2/c32-26(33)17-22-21-12-11-20(16-24(21)30-15-7-4-10-23(22)30)31-25(18-28-29-31)27(13-5-6-14-27)19-8-2-1-3-9-19/h1-4,7-10,15,18,20H,5-6,11-14,16-17H2,(H,32,33). The van der Waals surface area contributed by atoms with Gasteiger partial charge in [-0.2, -0.15) is 0 Å². The minimum Gasteiger partial charge on any atom is -0.481 e. The number of nitrogens with zero attached hydrogens (tertiary/aromatic N) is 4. The highest BCUT2D eigenvalue weighted by atomic mass is 16.4. The van der Waals surface area contributed by atoms with Crippen LogP contribution >= 0.6 is 0 Å². The van der Waals surface area contributed by atoms with E-state index in [0.29, 0.717) is 0 Å². The molecule has 4 aromatic rings. The molecular formula is C27H28N4O2. The maximum absolute atomic E-state index is 11.6. The second-order valence-corrected chi connectivity index (χ2v) is 9.55. The van der Waals surface area contributed by atoms with Crippen molar-refractivity contribution in [3.05, 3.63) is 89.0 Å². The number of carboxylic acids is 1. The van der Waals surface area contributed by atoms with Crippen molar-refractivity contribution >= 4 is 11.5 Å². The van der Waals surface area contributed by atoms with Gasteiger partial charge < -0.3 is 9.51 Å². The van der Waals surface area contributed by atoms with Gasteiger partial charge in [0.1, 0.15) is 0 Å². The van der Waals surface area contributed by atoms with E-state index < -0.39 is 5.97 Å². The number of pyridine rings is 1.